The second kappa shape index (κ2) is 7.27. The van der Waals surface area contributed by atoms with Crippen molar-refractivity contribution in [2.75, 3.05) is 39.4 Å². The number of rotatable bonds is 4. The fourth-order valence-corrected chi connectivity index (χ4v) is 4.25. The van der Waals surface area contributed by atoms with E-state index in [0.717, 1.165) is 57.4 Å². The molecule has 1 saturated carbocycles. The molecule has 3 heterocycles. The first kappa shape index (κ1) is 17.9. The van der Waals surface area contributed by atoms with Crippen LogP contribution in [0.4, 0.5) is 0 Å². The molecular weight excluding hydrogens is 352 g/mol. The summed E-state index contributed by atoms with van der Waals surface area (Å²) in [6, 6.07) is 8.50. The second-order valence-electron chi connectivity index (χ2n) is 7.59. The van der Waals surface area contributed by atoms with E-state index in [9.17, 15) is 0 Å². The highest BCUT2D eigenvalue weighted by atomic mass is 35.5. The minimum atomic E-state index is 0. The van der Waals surface area contributed by atoms with E-state index >= 15 is 0 Å². The van der Waals surface area contributed by atoms with Crippen LogP contribution >= 0.6 is 12.4 Å². The van der Waals surface area contributed by atoms with Gasteiger partial charge >= 0.3 is 0 Å². The van der Waals surface area contributed by atoms with Crippen molar-refractivity contribution in [2.24, 2.45) is 5.41 Å². The molecule has 0 radical (unpaired) electrons. The zero-order valence-corrected chi connectivity index (χ0v) is 15.6. The summed E-state index contributed by atoms with van der Waals surface area (Å²) in [5, 5.41) is 7.71. The van der Waals surface area contributed by atoms with Gasteiger partial charge in [0.25, 0.3) is 0 Å². The van der Waals surface area contributed by atoms with Gasteiger partial charge in [0.2, 0.25) is 11.7 Å². The van der Waals surface area contributed by atoms with Crippen molar-refractivity contribution in [1.29, 1.82) is 0 Å². The molecule has 1 N–H and O–H groups in total. The van der Waals surface area contributed by atoms with Crippen molar-refractivity contribution >= 4 is 12.4 Å². The molecule has 1 aliphatic carbocycles. The van der Waals surface area contributed by atoms with Crippen molar-refractivity contribution in [1.82, 2.24) is 20.4 Å². The fraction of sp³-hybridized carbons (Fsp3) is 0.579. The maximum absolute atomic E-state index is 5.60. The van der Waals surface area contributed by atoms with Crippen LogP contribution in [0.2, 0.25) is 0 Å². The van der Waals surface area contributed by atoms with Gasteiger partial charge in [-0.05, 0) is 36.4 Å². The highest BCUT2D eigenvalue weighted by Gasteiger charge is 2.58. The molecule has 140 valence electrons. The van der Waals surface area contributed by atoms with Crippen LogP contribution in [-0.2, 0) is 11.3 Å². The van der Waals surface area contributed by atoms with E-state index in [2.05, 4.69) is 39.6 Å². The molecular formula is C19H25ClN4O2. The Kier molecular flexibility index (Phi) is 5.01. The number of halogens is 1. The van der Waals surface area contributed by atoms with Gasteiger partial charge in [-0.3, -0.25) is 4.90 Å². The predicted octanol–water partition coefficient (Wildman–Crippen LogP) is 2.46. The van der Waals surface area contributed by atoms with Gasteiger partial charge in [-0.2, -0.15) is 4.98 Å². The number of morpholine rings is 1. The molecule has 2 aromatic rings. The molecule has 2 unspecified atom stereocenters. The van der Waals surface area contributed by atoms with Crippen LogP contribution < -0.4 is 5.32 Å². The van der Waals surface area contributed by atoms with E-state index in [-0.39, 0.29) is 12.4 Å². The van der Waals surface area contributed by atoms with Gasteiger partial charge in [0.1, 0.15) is 0 Å². The molecule has 2 saturated heterocycles. The smallest absolute Gasteiger partial charge is 0.230 e. The molecule has 2 aliphatic heterocycles. The first-order chi connectivity index (χ1) is 12.3. The Hall–Kier alpha value is -1.47. The monoisotopic (exact) mass is 376 g/mol. The highest BCUT2D eigenvalue weighted by Crippen LogP contribution is 2.62. The van der Waals surface area contributed by atoms with Crippen LogP contribution in [0, 0.1) is 5.41 Å². The van der Waals surface area contributed by atoms with Gasteiger partial charge in [0.05, 0.1) is 13.2 Å². The summed E-state index contributed by atoms with van der Waals surface area (Å²) >= 11 is 0. The Balaban J connectivity index is 0.00000168. The zero-order valence-electron chi connectivity index (χ0n) is 14.8. The van der Waals surface area contributed by atoms with E-state index in [1.165, 1.54) is 18.4 Å². The number of nitrogens with zero attached hydrogens (tertiary/aromatic N) is 3. The van der Waals surface area contributed by atoms with Crippen LogP contribution in [0.15, 0.2) is 28.8 Å². The lowest BCUT2D eigenvalue weighted by Gasteiger charge is -2.26. The first-order valence-electron chi connectivity index (χ1n) is 9.26. The molecule has 3 aliphatic rings. The largest absolute Gasteiger partial charge is 0.379 e. The Bertz CT molecular complexity index is 754. The number of aromatic nitrogens is 2. The molecule has 26 heavy (non-hydrogen) atoms. The number of nitrogens with one attached hydrogen (secondary N) is 1. The highest BCUT2D eigenvalue weighted by molar-refractivity contribution is 5.85. The quantitative estimate of drug-likeness (QED) is 0.884. The molecule has 0 bridgehead atoms. The Morgan fingerprint density at radius 2 is 2.15 bits per heavy atom. The van der Waals surface area contributed by atoms with E-state index in [4.69, 9.17) is 14.2 Å². The fourth-order valence-electron chi connectivity index (χ4n) is 4.25. The summed E-state index contributed by atoms with van der Waals surface area (Å²) in [6.07, 6.45) is 2.41. The average molecular weight is 377 g/mol. The van der Waals surface area contributed by atoms with Gasteiger partial charge in [0, 0.05) is 37.7 Å². The van der Waals surface area contributed by atoms with Gasteiger partial charge in [0.15, 0.2) is 0 Å². The van der Waals surface area contributed by atoms with Crippen molar-refractivity contribution in [2.45, 2.75) is 25.3 Å². The third-order valence-corrected chi connectivity index (χ3v) is 5.90. The second-order valence-corrected chi connectivity index (χ2v) is 7.59. The van der Waals surface area contributed by atoms with Crippen LogP contribution in [-0.4, -0.2) is 54.4 Å². The lowest BCUT2D eigenvalue weighted by Crippen LogP contribution is -2.35. The van der Waals surface area contributed by atoms with E-state index in [0.29, 0.717) is 17.2 Å². The first-order valence-corrected chi connectivity index (χ1v) is 9.26. The van der Waals surface area contributed by atoms with E-state index < -0.39 is 0 Å². The van der Waals surface area contributed by atoms with Crippen LogP contribution in [0.1, 0.15) is 30.2 Å². The SMILES string of the molecule is Cl.c1cc(CN2CCOCC2)cc(-c2noc(C3CC34CCNC4)n2)c1. The summed E-state index contributed by atoms with van der Waals surface area (Å²) < 4.78 is 11.0. The lowest BCUT2D eigenvalue weighted by atomic mass is 10.0. The van der Waals surface area contributed by atoms with Crippen LogP contribution in [0.5, 0.6) is 0 Å². The van der Waals surface area contributed by atoms with Crippen LogP contribution in [0.3, 0.4) is 0 Å². The van der Waals surface area contributed by atoms with E-state index in [1.807, 2.05) is 0 Å². The van der Waals surface area contributed by atoms with Gasteiger partial charge in [-0.15, -0.1) is 12.4 Å². The predicted molar refractivity (Wildman–Crippen MR) is 100 cm³/mol. The summed E-state index contributed by atoms with van der Waals surface area (Å²) in [6.45, 7) is 6.78. The number of hydrogen-bond donors (Lipinski definition) is 1. The average Bonchev–Trinajstić information content (AvgIpc) is 3.01. The summed E-state index contributed by atoms with van der Waals surface area (Å²) in [4.78, 5) is 7.13. The molecule has 3 fully saturated rings. The number of hydrogen-bond acceptors (Lipinski definition) is 6. The Morgan fingerprint density at radius 1 is 1.27 bits per heavy atom. The molecule has 2 atom stereocenters. The summed E-state index contributed by atoms with van der Waals surface area (Å²) in [7, 11) is 0. The molecule has 5 rings (SSSR count). The van der Waals surface area contributed by atoms with E-state index in [1.54, 1.807) is 0 Å². The standard InChI is InChI=1S/C19H24N4O2.ClH/c1-2-14(12-23-6-8-24-9-7-23)10-15(3-1)17-21-18(25-22-17)16-11-19(16)4-5-20-13-19;/h1-3,10,16,20H,4-9,11-13H2;1H. The third-order valence-electron chi connectivity index (χ3n) is 5.90. The van der Waals surface area contributed by atoms with Crippen molar-refractivity contribution in [3.8, 4) is 11.4 Å². The minimum Gasteiger partial charge on any atom is -0.379 e. The maximum Gasteiger partial charge on any atom is 0.230 e. The molecule has 1 spiro atoms. The molecule has 1 aromatic heterocycles. The molecule has 6 nitrogen and oxygen atoms in total. The molecule has 0 amide bonds. The Labute approximate surface area is 159 Å². The number of benzene rings is 1. The molecule has 7 heteroatoms. The minimum absolute atomic E-state index is 0. The van der Waals surface area contributed by atoms with Crippen molar-refractivity contribution in [3.05, 3.63) is 35.7 Å². The normalized spacial score (nSPS) is 28.2. The third kappa shape index (κ3) is 3.39. The van der Waals surface area contributed by atoms with Crippen molar-refractivity contribution in [3.63, 3.8) is 0 Å². The summed E-state index contributed by atoms with van der Waals surface area (Å²) in [5.74, 6) is 1.98. The van der Waals surface area contributed by atoms with Gasteiger partial charge < -0.3 is 14.6 Å². The maximum atomic E-state index is 5.60. The zero-order chi connectivity index (χ0) is 16.7. The lowest BCUT2D eigenvalue weighted by molar-refractivity contribution is 0.0342. The van der Waals surface area contributed by atoms with Gasteiger partial charge in [-0.25, -0.2) is 0 Å². The van der Waals surface area contributed by atoms with Crippen LogP contribution in [0.25, 0.3) is 11.4 Å². The van der Waals surface area contributed by atoms with Crippen molar-refractivity contribution < 1.29 is 9.26 Å². The summed E-state index contributed by atoms with van der Waals surface area (Å²) in [5.41, 5.74) is 2.72. The van der Waals surface area contributed by atoms with Gasteiger partial charge in [-0.1, -0.05) is 23.4 Å². The molecule has 1 aromatic carbocycles. The Morgan fingerprint density at radius 3 is 2.96 bits per heavy atom. The topological polar surface area (TPSA) is 63.4 Å². The number of ether oxygens (including phenoxy) is 1.